The number of hydrogen-bond donors (Lipinski definition) is 2. The number of amides is 1. The zero-order valence-electron chi connectivity index (χ0n) is 12.5. The number of piperazine rings is 1. The Bertz CT molecular complexity index is 460. The second-order valence-corrected chi connectivity index (χ2v) is 5.78. The van der Waals surface area contributed by atoms with Crippen molar-refractivity contribution in [3.63, 3.8) is 0 Å². The summed E-state index contributed by atoms with van der Waals surface area (Å²) >= 11 is 0. The summed E-state index contributed by atoms with van der Waals surface area (Å²) in [5, 5.41) is 2.92. The molecule has 2 atom stereocenters. The average Bonchev–Trinajstić information content (AvgIpc) is 2.45. The largest absolute Gasteiger partial charge is 0.353 e. The highest BCUT2D eigenvalue weighted by molar-refractivity contribution is 5.86. The van der Waals surface area contributed by atoms with Gasteiger partial charge in [-0.15, -0.1) is 0 Å². The van der Waals surface area contributed by atoms with Gasteiger partial charge < -0.3 is 11.1 Å². The van der Waals surface area contributed by atoms with Gasteiger partial charge in [-0.2, -0.15) is 0 Å². The molecule has 0 aromatic carbocycles. The Morgan fingerprint density at radius 3 is 2.85 bits per heavy atom. The van der Waals surface area contributed by atoms with Crippen molar-refractivity contribution in [2.45, 2.75) is 44.8 Å². The molecule has 0 saturated carbocycles. The standard InChI is InChI=1S/C15H24N4O/c1-4-11(16)13(12-7-5-6-8-17-12)19-10-9-18-14(20)15(19,2)3/h5-8,11,13H,4,9-10,16H2,1-3H3,(H,18,20). The van der Waals surface area contributed by atoms with Gasteiger partial charge in [0.05, 0.1) is 17.3 Å². The van der Waals surface area contributed by atoms with Crippen molar-refractivity contribution < 1.29 is 4.79 Å². The van der Waals surface area contributed by atoms with Crippen LogP contribution in [0.2, 0.25) is 0 Å². The summed E-state index contributed by atoms with van der Waals surface area (Å²) in [7, 11) is 0. The molecule has 5 heteroatoms. The van der Waals surface area contributed by atoms with Crippen LogP contribution in [0.4, 0.5) is 0 Å². The quantitative estimate of drug-likeness (QED) is 0.863. The van der Waals surface area contributed by atoms with Crippen molar-refractivity contribution in [1.82, 2.24) is 15.2 Å². The Morgan fingerprint density at radius 2 is 2.25 bits per heavy atom. The van der Waals surface area contributed by atoms with E-state index in [0.29, 0.717) is 6.54 Å². The Morgan fingerprint density at radius 1 is 1.50 bits per heavy atom. The summed E-state index contributed by atoms with van der Waals surface area (Å²) in [5.41, 5.74) is 6.69. The summed E-state index contributed by atoms with van der Waals surface area (Å²) in [6.45, 7) is 7.40. The fourth-order valence-corrected chi connectivity index (χ4v) is 2.79. The van der Waals surface area contributed by atoms with Crippen LogP contribution in [0, 0.1) is 0 Å². The molecule has 0 aliphatic carbocycles. The first-order valence-corrected chi connectivity index (χ1v) is 7.20. The van der Waals surface area contributed by atoms with Gasteiger partial charge in [0.25, 0.3) is 0 Å². The number of rotatable bonds is 4. The maximum atomic E-state index is 12.2. The average molecular weight is 276 g/mol. The fraction of sp³-hybridized carbons (Fsp3) is 0.600. The second kappa shape index (κ2) is 5.89. The van der Waals surface area contributed by atoms with E-state index in [9.17, 15) is 4.79 Å². The Kier molecular flexibility index (Phi) is 4.40. The molecule has 0 spiro atoms. The molecule has 1 saturated heterocycles. The lowest BCUT2D eigenvalue weighted by atomic mass is 9.91. The van der Waals surface area contributed by atoms with Crippen LogP contribution in [0.5, 0.6) is 0 Å². The van der Waals surface area contributed by atoms with Crippen molar-refractivity contribution in [2.75, 3.05) is 13.1 Å². The Balaban J connectivity index is 2.39. The van der Waals surface area contributed by atoms with Gasteiger partial charge >= 0.3 is 0 Å². The van der Waals surface area contributed by atoms with E-state index in [1.54, 1.807) is 6.20 Å². The zero-order valence-corrected chi connectivity index (χ0v) is 12.5. The molecule has 3 N–H and O–H groups in total. The topological polar surface area (TPSA) is 71.2 Å². The van der Waals surface area contributed by atoms with Crippen LogP contribution in [0.15, 0.2) is 24.4 Å². The van der Waals surface area contributed by atoms with Gasteiger partial charge in [-0.05, 0) is 32.4 Å². The van der Waals surface area contributed by atoms with Gasteiger partial charge in [0, 0.05) is 25.3 Å². The van der Waals surface area contributed by atoms with Gasteiger partial charge in [-0.1, -0.05) is 13.0 Å². The third-order valence-electron chi connectivity index (χ3n) is 4.12. The molecule has 0 bridgehead atoms. The molecule has 1 amide bonds. The van der Waals surface area contributed by atoms with E-state index >= 15 is 0 Å². The number of pyridine rings is 1. The summed E-state index contributed by atoms with van der Waals surface area (Å²) in [6, 6.07) is 5.76. The normalized spacial score (nSPS) is 22.1. The molecule has 2 unspecified atom stereocenters. The van der Waals surface area contributed by atoms with Gasteiger partial charge in [-0.25, -0.2) is 0 Å². The number of carbonyl (C=O) groups excluding carboxylic acids is 1. The summed E-state index contributed by atoms with van der Waals surface area (Å²) < 4.78 is 0. The Hall–Kier alpha value is -1.46. The van der Waals surface area contributed by atoms with E-state index in [0.717, 1.165) is 18.7 Å². The molecule has 1 aromatic heterocycles. The number of nitrogens with zero attached hydrogens (tertiary/aromatic N) is 2. The molecule has 2 heterocycles. The maximum absolute atomic E-state index is 12.2. The number of aromatic nitrogens is 1. The maximum Gasteiger partial charge on any atom is 0.240 e. The molecule has 110 valence electrons. The number of hydrogen-bond acceptors (Lipinski definition) is 4. The monoisotopic (exact) mass is 276 g/mol. The minimum Gasteiger partial charge on any atom is -0.353 e. The van der Waals surface area contributed by atoms with Crippen LogP contribution in [0.1, 0.15) is 38.9 Å². The first-order chi connectivity index (χ1) is 9.48. The number of nitrogens with two attached hydrogens (primary N) is 1. The predicted octanol–water partition coefficient (Wildman–Crippen LogP) is 1.07. The highest BCUT2D eigenvalue weighted by Crippen LogP contribution is 2.31. The van der Waals surface area contributed by atoms with Crippen molar-refractivity contribution >= 4 is 5.91 Å². The third-order valence-corrected chi connectivity index (χ3v) is 4.12. The van der Waals surface area contributed by atoms with Crippen molar-refractivity contribution in [3.8, 4) is 0 Å². The molecule has 1 aromatic rings. The van der Waals surface area contributed by atoms with E-state index < -0.39 is 5.54 Å². The molecule has 1 aliphatic rings. The van der Waals surface area contributed by atoms with E-state index in [1.807, 2.05) is 32.0 Å². The van der Waals surface area contributed by atoms with E-state index in [4.69, 9.17) is 5.73 Å². The smallest absolute Gasteiger partial charge is 0.240 e. The SMILES string of the molecule is CCC(N)C(c1ccccn1)N1CCNC(=O)C1(C)C. The second-order valence-electron chi connectivity index (χ2n) is 5.78. The van der Waals surface area contributed by atoms with Gasteiger partial charge in [0.1, 0.15) is 0 Å². The fourth-order valence-electron chi connectivity index (χ4n) is 2.79. The Labute approximate surface area is 120 Å². The summed E-state index contributed by atoms with van der Waals surface area (Å²) in [6.07, 6.45) is 2.62. The minimum absolute atomic E-state index is 0.0396. The molecule has 1 fully saturated rings. The highest BCUT2D eigenvalue weighted by Gasteiger charge is 2.43. The van der Waals surface area contributed by atoms with Crippen molar-refractivity contribution in [3.05, 3.63) is 30.1 Å². The molecule has 5 nitrogen and oxygen atoms in total. The molecule has 0 radical (unpaired) electrons. The van der Waals surface area contributed by atoms with Crippen molar-refractivity contribution in [2.24, 2.45) is 5.73 Å². The lowest BCUT2D eigenvalue weighted by molar-refractivity contribution is -0.137. The van der Waals surface area contributed by atoms with Gasteiger partial charge in [-0.3, -0.25) is 14.7 Å². The van der Waals surface area contributed by atoms with Crippen LogP contribution in [-0.2, 0) is 4.79 Å². The third kappa shape index (κ3) is 2.69. The van der Waals surface area contributed by atoms with Gasteiger partial charge in [0.2, 0.25) is 5.91 Å². The number of carbonyl (C=O) groups is 1. The van der Waals surface area contributed by atoms with Crippen LogP contribution in [0.25, 0.3) is 0 Å². The van der Waals surface area contributed by atoms with Crippen molar-refractivity contribution in [1.29, 1.82) is 0 Å². The highest BCUT2D eigenvalue weighted by atomic mass is 16.2. The van der Waals surface area contributed by atoms with Crippen LogP contribution in [0.3, 0.4) is 0 Å². The molecular formula is C15H24N4O. The summed E-state index contributed by atoms with van der Waals surface area (Å²) in [4.78, 5) is 18.8. The molecule has 1 aliphatic heterocycles. The predicted molar refractivity (Wildman–Crippen MR) is 79.0 cm³/mol. The molecule has 2 rings (SSSR count). The van der Waals surface area contributed by atoms with E-state index in [-0.39, 0.29) is 18.0 Å². The minimum atomic E-state index is -0.576. The van der Waals surface area contributed by atoms with E-state index in [2.05, 4.69) is 22.1 Å². The summed E-state index contributed by atoms with van der Waals surface area (Å²) in [5.74, 6) is 0.0491. The van der Waals surface area contributed by atoms with E-state index in [1.165, 1.54) is 0 Å². The first kappa shape index (κ1) is 14.9. The van der Waals surface area contributed by atoms with Gasteiger partial charge in [0.15, 0.2) is 0 Å². The first-order valence-electron chi connectivity index (χ1n) is 7.20. The molecular weight excluding hydrogens is 252 g/mol. The van der Waals surface area contributed by atoms with Crippen LogP contribution < -0.4 is 11.1 Å². The molecule has 20 heavy (non-hydrogen) atoms. The lowest BCUT2D eigenvalue weighted by Gasteiger charge is -2.47. The zero-order chi connectivity index (χ0) is 14.8. The lowest BCUT2D eigenvalue weighted by Crippen LogP contribution is -2.64. The van der Waals surface area contributed by atoms with Crippen LogP contribution in [-0.4, -0.2) is 40.5 Å². The number of nitrogens with one attached hydrogen (secondary N) is 1. The van der Waals surface area contributed by atoms with Crippen LogP contribution >= 0.6 is 0 Å².